The fourth-order valence-corrected chi connectivity index (χ4v) is 1.66. The highest BCUT2D eigenvalue weighted by atomic mass is 16.1. The smallest absolute Gasteiger partial charge is 0.267 e. The van der Waals surface area contributed by atoms with Gasteiger partial charge in [0, 0.05) is 30.9 Å². The Bertz CT molecular complexity index is 444. The number of pyridine rings is 1. The molecule has 18 heavy (non-hydrogen) atoms. The van der Waals surface area contributed by atoms with E-state index < -0.39 is 5.91 Å². The number of nitrogens with one attached hydrogen (secondary N) is 1. The Morgan fingerprint density at radius 2 is 2.17 bits per heavy atom. The van der Waals surface area contributed by atoms with Crippen molar-refractivity contribution in [2.24, 2.45) is 11.5 Å². The van der Waals surface area contributed by atoms with Gasteiger partial charge in [0.2, 0.25) is 0 Å². The van der Waals surface area contributed by atoms with Gasteiger partial charge in [-0.3, -0.25) is 15.2 Å². The Morgan fingerprint density at radius 3 is 2.67 bits per heavy atom. The number of amidine groups is 1. The summed E-state index contributed by atoms with van der Waals surface area (Å²) >= 11 is 0. The normalized spacial score (nSPS) is 10.4. The van der Waals surface area contributed by atoms with Crippen LogP contribution in [0.25, 0.3) is 0 Å². The Labute approximate surface area is 106 Å². The molecule has 0 bridgehead atoms. The molecule has 0 aromatic carbocycles. The summed E-state index contributed by atoms with van der Waals surface area (Å²) in [7, 11) is 0. The first-order valence-corrected chi connectivity index (χ1v) is 5.77. The topological polar surface area (TPSA) is 109 Å². The Hall–Kier alpha value is -2.11. The van der Waals surface area contributed by atoms with Crippen molar-refractivity contribution < 1.29 is 4.79 Å². The number of primary amides is 1. The van der Waals surface area contributed by atoms with Crippen molar-refractivity contribution in [1.82, 2.24) is 4.98 Å². The first-order valence-electron chi connectivity index (χ1n) is 5.77. The number of anilines is 1. The van der Waals surface area contributed by atoms with E-state index in [2.05, 4.69) is 9.88 Å². The molecule has 0 radical (unpaired) electrons. The number of amides is 1. The van der Waals surface area contributed by atoms with E-state index >= 15 is 0 Å². The number of nitrogens with zero attached hydrogens (tertiary/aromatic N) is 2. The molecule has 0 atom stereocenters. The molecule has 0 aliphatic rings. The van der Waals surface area contributed by atoms with E-state index in [0.29, 0.717) is 13.0 Å². The Balaban J connectivity index is 2.94. The van der Waals surface area contributed by atoms with Crippen molar-refractivity contribution in [3.63, 3.8) is 0 Å². The maximum atomic E-state index is 11.1. The molecule has 1 rings (SSSR count). The fraction of sp³-hybridized carbons (Fsp3) is 0.417. The van der Waals surface area contributed by atoms with Gasteiger partial charge in [-0.1, -0.05) is 0 Å². The summed E-state index contributed by atoms with van der Waals surface area (Å²) in [5.41, 5.74) is 11.7. The van der Waals surface area contributed by atoms with E-state index in [1.54, 1.807) is 12.3 Å². The molecule has 0 spiro atoms. The molecule has 1 heterocycles. The van der Waals surface area contributed by atoms with Crippen molar-refractivity contribution in [2.45, 2.75) is 26.3 Å². The number of aromatic nitrogens is 1. The molecular formula is C12H19N5O. The van der Waals surface area contributed by atoms with Crippen LogP contribution in [0.1, 0.15) is 30.8 Å². The van der Waals surface area contributed by atoms with Crippen LogP contribution < -0.4 is 16.4 Å². The van der Waals surface area contributed by atoms with Gasteiger partial charge in [-0.25, -0.2) is 0 Å². The van der Waals surface area contributed by atoms with Gasteiger partial charge in [-0.05, 0) is 26.0 Å². The number of carbonyl (C=O) groups excluding carboxylic acids is 1. The quantitative estimate of drug-likeness (QED) is 0.509. The number of hydrogen-bond acceptors (Lipinski definition) is 4. The van der Waals surface area contributed by atoms with E-state index in [1.807, 2.05) is 19.9 Å². The second-order valence-electron chi connectivity index (χ2n) is 4.33. The highest BCUT2D eigenvalue weighted by Crippen LogP contribution is 2.17. The van der Waals surface area contributed by atoms with Gasteiger partial charge in [0.05, 0.1) is 5.84 Å². The molecule has 1 amide bonds. The monoisotopic (exact) mass is 249 g/mol. The van der Waals surface area contributed by atoms with Crippen molar-refractivity contribution in [2.75, 3.05) is 11.4 Å². The zero-order chi connectivity index (χ0) is 13.7. The van der Waals surface area contributed by atoms with E-state index in [9.17, 15) is 4.79 Å². The summed E-state index contributed by atoms with van der Waals surface area (Å²) in [4.78, 5) is 17.1. The number of nitrogens with two attached hydrogens (primary N) is 2. The molecule has 6 nitrogen and oxygen atoms in total. The molecular weight excluding hydrogens is 230 g/mol. The molecule has 1 aromatic heterocycles. The van der Waals surface area contributed by atoms with Crippen LogP contribution in [-0.4, -0.2) is 29.3 Å². The lowest BCUT2D eigenvalue weighted by Crippen LogP contribution is -2.34. The second-order valence-corrected chi connectivity index (χ2v) is 4.33. The van der Waals surface area contributed by atoms with Gasteiger partial charge in [-0.2, -0.15) is 0 Å². The van der Waals surface area contributed by atoms with E-state index in [-0.39, 0.29) is 17.6 Å². The molecule has 0 unspecified atom stereocenters. The molecule has 98 valence electrons. The molecule has 0 saturated carbocycles. The molecule has 0 aliphatic carbocycles. The van der Waals surface area contributed by atoms with Crippen LogP contribution in [-0.2, 0) is 0 Å². The number of carbonyl (C=O) groups is 1. The van der Waals surface area contributed by atoms with Crippen LogP contribution in [0.15, 0.2) is 18.3 Å². The van der Waals surface area contributed by atoms with Crippen molar-refractivity contribution in [1.29, 1.82) is 5.41 Å². The SMILES string of the molecule is CC(C)N(CCC(=N)N)c1ccnc(C(N)=O)c1. The largest absolute Gasteiger partial charge is 0.388 e. The summed E-state index contributed by atoms with van der Waals surface area (Å²) in [5, 5.41) is 7.27. The van der Waals surface area contributed by atoms with Gasteiger partial charge in [-0.15, -0.1) is 0 Å². The van der Waals surface area contributed by atoms with Crippen molar-refractivity contribution >= 4 is 17.4 Å². The third-order valence-electron chi connectivity index (χ3n) is 2.57. The van der Waals surface area contributed by atoms with E-state index in [1.165, 1.54) is 0 Å². The molecule has 1 aromatic rings. The first kappa shape index (κ1) is 14.0. The van der Waals surface area contributed by atoms with Gasteiger partial charge >= 0.3 is 0 Å². The minimum absolute atomic E-state index is 0.143. The molecule has 0 saturated heterocycles. The lowest BCUT2D eigenvalue weighted by Gasteiger charge is -2.29. The lowest BCUT2D eigenvalue weighted by atomic mass is 10.2. The zero-order valence-electron chi connectivity index (χ0n) is 10.7. The van der Waals surface area contributed by atoms with Crippen LogP contribution in [0.2, 0.25) is 0 Å². The average Bonchev–Trinajstić information content (AvgIpc) is 2.28. The van der Waals surface area contributed by atoms with Crippen LogP contribution in [0.3, 0.4) is 0 Å². The molecule has 0 fully saturated rings. The zero-order valence-corrected chi connectivity index (χ0v) is 10.7. The van der Waals surface area contributed by atoms with Crippen LogP contribution in [0, 0.1) is 5.41 Å². The number of hydrogen-bond donors (Lipinski definition) is 3. The number of rotatable bonds is 6. The summed E-state index contributed by atoms with van der Waals surface area (Å²) in [5.74, 6) is -0.406. The third-order valence-corrected chi connectivity index (χ3v) is 2.57. The van der Waals surface area contributed by atoms with E-state index in [4.69, 9.17) is 16.9 Å². The summed E-state index contributed by atoms with van der Waals surface area (Å²) in [6.45, 7) is 4.68. The Morgan fingerprint density at radius 1 is 1.50 bits per heavy atom. The average molecular weight is 249 g/mol. The minimum Gasteiger partial charge on any atom is -0.388 e. The van der Waals surface area contributed by atoms with Gasteiger partial charge in [0.25, 0.3) is 5.91 Å². The highest BCUT2D eigenvalue weighted by Gasteiger charge is 2.13. The summed E-state index contributed by atoms with van der Waals surface area (Å²) in [6, 6.07) is 3.70. The second kappa shape index (κ2) is 6.00. The predicted octanol–water partition coefficient (Wildman–Crippen LogP) is 0.721. The standard InChI is InChI=1S/C12H19N5O/c1-8(2)17(6-4-11(13)14)9-3-5-16-10(7-9)12(15)18/h3,5,7-8H,4,6H2,1-2H3,(H3,13,14)(H2,15,18). The highest BCUT2D eigenvalue weighted by molar-refractivity contribution is 5.91. The maximum Gasteiger partial charge on any atom is 0.267 e. The van der Waals surface area contributed by atoms with Crippen LogP contribution >= 0.6 is 0 Å². The van der Waals surface area contributed by atoms with Crippen molar-refractivity contribution in [3.05, 3.63) is 24.0 Å². The van der Waals surface area contributed by atoms with Gasteiger partial charge in [0.1, 0.15) is 5.69 Å². The Kier molecular flexibility index (Phi) is 4.65. The molecule has 5 N–H and O–H groups in total. The van der Waals surface area contributed by atoms with Crippen molar-refractivity contribution in [3.8, 4) is 0 Å². The molecule has 0 aliphatic heterocycles. The first-order chi connectivity index (χ1) is 8.41. The fourth-order valence-electron chi connectivity index (χ4n) is 1.66. The minimum atomic E-state index is -0.549. The summed E-state index contributed by atoms with van der Waals surface area (Å²) < 4.78 is 0. The van der Waals surface area contributed by atoms with Gasteiger partial charge < -0.3 is 16.4 Å². The van der Waals surface area contributed by atoms with Gasteiger partial charge in [0.15, 0.2) is 0 Å². The molecule has 6 heteroatoms. The maximum absolute atomic E-state index is 11.1. The lowest BCUT2D eigenvalue weighted by molar-refractivity contribution is 0.0995. The van der Waals surface area contributed by atoms with Crippen LogP contribution in [0.5, 0.6) is 0 Å². The summed E-state index contributed by atoms with van der Waals surface area (Å²) in [6.07, 6.45) is 2.03. The third kappa shape index (κ3) is 3.73. The van der Waals surface area contributed by atoms with Crippen LogP contribution in [0.4, 0.5) is 5.69 Å². The van der Waals surface area contributed by atoms with E-state index in [0.717, 1.165) is 5.69 Å². The predicted molar refractivity (Wildman–Crippen MR) is 71.8 cm³/mol.